The first-order valence-electron chi connectivity index (χ1n) is 8.51. The van der Waals surface area contributed by atoms with Crippen molar-refractivity contribution in [3.8, 4) is 0 Å². The lowest BCUT2D eigenvalue weighted by atomic mass is 9.96. The van der Waals surface area contributed by atoms with Gasteiger partial charge in [-0.3, -0.25) is 4.99 Å². The van der Waals surface area contributed by atoms with Gasteiger partial charge in [0.1, 0.15) is 0 Å². The van der Waals surface area contributed by atoms with Crippen molar-refractivity contribution >= 4 is 29.9 Å². The van der Waals surface area contributed by atoms with Gasteiger partial charge in [-0.15, -0.1) is 24.0 Å². The third kappa shape index (κ3) is 4.61. The maximum Gasteiger partial charge on any atom is 0.191 e. The van der Waals surface area contributed by atoms with E-state index in [1.807, 2.05) is 7.05 Å². The van der Waals surface area contributed by atoms with Gasteiger partial charge in [-0.25, -0.2) is 0 Å². The molecular formula is C18H29IN4O. The topological polar surface area (TPSA) is 48.9 Å². The summed E-state index contributed by atoms with van der Waals surface area (Å²) in [4.78, 5) is 6.61. The van der Waals surface area contributed by atoms with Crippen LogP contribution in [0.15, 0.2) is 35.3 Å². The molecule has 0 aromatic heterocycles. The number of likely N-dealkylation sites (N-methyl/N-ethyl adjacent to an activating group) is 1. The predicted octanol–water partition coefficient (Wildman–Crippen LogP) is 2.39. The van der Waals surface area contributed by atoms with Gasteiger partial charge in [-0.1, -0.05) is 30.3 Å². The number of fused-ring (bicyclic) bond motifs is 2. The van der Waals surface area contributed by atoms with Gasteiger partial charge < -0.3 is 20.3 Å². The number of aliphatic imine (C=N–C) groups is 1. The Bertz CT molecular complexity index is 537. The maximum absolute atomic E-state index is 5.91. The molecule has 4 atom stereocenters. The summed E-state index contributed by atoms with van der Waals surface area (Å²) < 4.78 is 5.91. The molecule has 1 aromatic carbocycles. The van der Waals surface area contributed by atoms with Crippen LogP contribution in [0.4, 0.5) is 0 Å². The van der Waals surface area contributed by atoms with Crippen LogP contribution in [0.5, 0.6) is 0 Å². The first-order valence-corrected chi connectivity index (χ1v) is 8.51. The average molecular weight is 444 g/mol. The van der Waals surface area contributed by atoms with Crippen LogP contribution in [0.3, 0.4) is 0 Å². The van der Waals surface area contributed by atoms with Crippen molar-refractivity contribution < 1.29 is 4.74 Å². The SMILES string of the molecule is CN=C(NCC(c1ccccc1)N(C)C)NC1CC2CCC1O2.I. The average Bonchev–Trinajstić information content (AvgIpc) is 3.17. The van der Waals surface area contributed by atoms with Gasteiger partial charge >= 0.3 is 0 Å². The first-order chi connectivity index (χ1) is 11.2. The Morgan fingerprint density at radius 1 is 1.29 bits per heavy atom. The van der Waals surface area contributed by atoms with E-state index in [1.165, 1.54) is 18.4 Å². The van der Waals surface area contributed by atoms with Crippen LogP contribution in [0.2, 0.25) is 0 Å². The van der Waals surface area contributed by atoms with Crippen LogP contribution in [0.1, 0.15) is 30.9 Å². The van der Waals surface area contributed by atoms with Crippen LogP contribution >= 0.6 is 24.0 Å². The molecule has 1 aromatic rings. The molecule has 5 nitrogen and oxygen atoms in total. The lowest BCUT2D eigenvalue weighted by Gasteiger charge is -2.27. The van der Waals surface area contributed by atoms with Gasteiger partial charge in [-0.2, -0.15) is 0 Å². The number of ether oxygens (including phenoxy) is 1. The van der Waals surface area contributed by atoms with Crippen molar-refractivity contribution in [2.75, 3.05) is 27.7 Å². The quantitative estimate of drug-likeness (QED) is 0.416. The van der Waals surface area contributed by atoms with E-state index in [9.17, 15) is 0 Å². The van der Waals surface area contributed by atoms with E-state index in [0.29, 0.717) is 24.3 Å². The minimum absolute atomic E-state index is 0. The second kappa shape index (κ2) is 9.01. The minimum Gasteiger partial charge on any atom is -0.373 e. The van der Waals surface area contributed by atoms with Crippen molar-refractivity contribution in [2.45, 2.75) is 43.6 Å². The summed E-state index contributed by atoms with van der Waals surface area (Å²) in [5.41, 5.74) is 1.31. The number of nitrogens with one attached hydrogen (secondary N) is 2. The van der Waals surface area contributed by atoms with E-state index in [4.69, 9.17) is 4.74 Å². The van der Waals surface area contributed by atoms with Crippen LogP contribution in [0, 0.1) is 0 Å². The molecule has 0 spiro atoms. The highest BCUT2D eigenvalue weighted by Gasteiger charge is 2.41. The van der Waals surface area contributed by atoms with Gasteiger partial charge in [0.05, 0.1) is 24.3 Å². The largest absolute Gasteiger partial charge is 0.373 e. The predicted molar refractivity (Wildman–Crippen MR) is 109 cm³/mol. The highest BCUT2D eigenvalue weighted by atomic mass is 127. The third-order valence-electron chi connectivity index (χ3n) is 4.92. The van der Waals surface area contributed by atoms with Crippen molar-refractivity contribution in [3.05, 3.63) is 35.9 Å². The highest BCUT2D eigenvalue weighted by Crippen LogP contribution is 2.34. The fourth-order valence-corrected chi connectivity index (χ4v) is 3.63. The van der Waals surface area contributed by atoms with E-state index >= 15 is 0 Å². The molecule has 0 saturated carbocycles. The molecule has 4 unspecified atom stereocenters. The fraction of sp³-hybridized carbons (Fsp3) is 0.611. The second-order valence-corrected chi connectivity index (χ2v) is 6.70. The molecule has 2 aliphatic heterocycles. The molecule has 0 aliphatic carbocycles. The number of nitrogens with zero attached hydrogens (tertiary/aromatic N) is 2. The van der Waals surface area contributed by atoms with Crippen molar-refractivity contribution in [1.82, 2.24) is 15.5 Å². The molecule has 2 saturated heterocycles. The summed E-state index contributed by atoms with van der Waals surface area (Å²) in [7, 11) is 6.05. The fourth-order valence-electron chi connectivity index (χ4n) is 3.63. The van der Waals surface area contributed by atoms with Gasteiger partial charge in [-0.05, 0) is 38.9 Å². The Balaban J connectivity index is 0.00000208. The van der Waals surface area contributed by atoms with Gasteiger partial charge in [0.15, 0.2) is 5.96 Å². The van der Waals surface area contributed by atoms with E-state index in [0.717, 1.165) is 18.9 Å². The summed E-state index contributed by atoms with van der Waals surface area (Å²) >= 11 is 0. The summed E-state index contributed by atoms with van der Waals surface area (Å²) in [5, 5.41) is 7.02. The lowest BCUT2D eigenvalue weighted by Crippen LogP contribution is -2.49. The lowest BCUT2D eigenvalue weighted by molar-refractivity contribution is 0.0992. The molecule has 6 heteroatoms. The molecule has 2 aliphatic rings. The molecule has 2 heterocycles. The van der Waals surface area contributed by atoms with Crippen molar-refractivity contribution in [2.24, 2.45) is 4.99 Å². The van der Waals surface area contributed by atoms with Gasteiger partial charge in [0, 0.05) is 13.6 Å². The van der Waals surface area contributed by atoms with E-state index in [1.54, 1.807) is 0 Å². The zero-order chi connectivity index (χ0) is 16.2. The maximum atomic E-state index is 5.91. The van der Waals surface area contributed by atoms with E-state index < -0.39 is 0 Å². The molecule has 0 radical (unpaired) electrons. The molecule has 0 amide bonds. The Kier molecular flexibility index (Phi) is 7.31. The summed E-state index contributed by atoms with van der Waals surface area (Å²) in [5.74, 6) is 0.869. The Morgan fingerprint density at radius 2 is 2.04 bits per heavy atom. The van der Waals surface area contributed by atoms with Crippen LogP contribution in [-0.2, 0) is 4.74 Å². The number of halogens is 1. The molecular weight excluding hydrogens is 415 g/mol. The smallest absolute Gasteiger partial charge is 0.191 e. The zero-order valence-corrected chi connectivity index (χ0v) is 17.1. The molecule has 2 N–H and O–H groups in total. The van der Waals surface area contributed by atoms with Crippen molar-refractivity contribution in [3.63, 3.8) is 0 Å². The molecule has 3 rings (SSSR count). The number of hydrogen-bond acceptors (Lipinski definition) is 3. The van der Waals surface area contributed by atoms with Gasteiger partial charge in [0.25, 0.3) is 0 Å². The number of rotatable bonds is 5. The number of hydrogen-bond donors (Lipinski definition) is 2. The molecule has 134 valence electrons. The van der Waals surface area contributed by atoms with Gasteiger partial charge in [0.2, 0.25) is 0 Å². The Hall–Kier alpha value is -0.860. The number of benzene rings is 1. The summed E-state index contributed by atoms with van der Waals surface area (Å²) in [6.07, 6.45) is 4.29. The van der Waals surface area contributed by atoms with E-state index in [2.05, 4.69) is 65.0 Å². The molecule has 2 bridgehead atoms. The molecule has 24 heavy (non-hydrogen) atoms. The second-order valence-electron chi connectivity index (χ2n) is 6.70. The zero-order valence-electron chi connectivity index (χ0n) is 14.7. The highest BCUT2D eigenvalue weighted by molar-refractivity contribution is 14.0. The van der Waals surface area contributed by atoms with E-state index in [-0.39, 0.29) is 24.0 Å². The molecule has 2 fully saturated rings. The monoisotopic (exact) mass is 444 g/mol. The Labute approximate surface area is 162 Å². The van der Waals surface area contributed by atoms with Crippen LogP contribution in [0.25, 0.3) is 0 Å². The minimum atomic E-state index is 0. The first kappa shape index (κ1) is 19.5. The standard InChI is InChI=1S/C18H28N4O.HI/c1-19-18(21-15-11-14-9-10-17(15)23-14)20-12-16(22(2)3)13-7-5-4-6-8-13;/h4-8,14-17H,9-12H2,1-3H3,(H2,19,20,21);1H. The summed E-state index contributed by atoms with van der Waals surface area (Å²) in [6.45, 7) is 0.818. The summed E-state index contributed by atoms with van der Waals surface area (Å²) in [6, 6.07) is 11.3. The van der Waals surface area contributed by atoms with Crippen molar-refractivity contribution in [1.29, 1.82) is 0 Å². The Morgan fingerprint density at radius 3 is 2.58 bits per heavy atom. The van der Waals surface area contributed by atoms with Crippen LogP contribution in [-0.4, -0.2) is 56.8 Å². The third-order valence-corrected chi connectivity index (χ3v) is 4.92. The normalized spacial score (nSPS) is 27.0. The van der Waals surface area contributed by atoms with Crippen LogP contribution < -0.4 is 10.6 Å². The number of guanidine groups is 1.